The van der Waals surface area contributed by atoms with Crippen LogP contribution in [0.3, 0.4) is 0 Å². The number of hydrogen-bond acceptors (Lipinski definition) is 9. The SMILES string of the molecule is C=CC(=O)OCCCCCCOc1ccc(OC(=O)c2ccc(OC(=O)C(=C)CC(=O)OCC)cc2)cc1. The fourth-order valence-corrected chi connectivity index (χ4v) is 3.05. The third kappa shape index (κ3) is 11.1. The van der Waals surface area contributed by atoms with Crippen LogP contribution in [0.2, 0.25) is 0 Å². The molecule has 0 fully saturated rings. The molecule has 0 aliphatic rings. The monoisotopic (exact) mass is 524 g/mol. The van der Waals surface area contributed by atoms with Crippen LogP contribution in [0.15, 0.2) is 73.3 Å². The first kappa shape index (κ1) is 29.8. The predicted molar refractivity (Wildman–Crippen MR) is 139 cm³/mol. The van der Waals surface area contributed by atoms with Crippen LogP contribution in [0, 0.1) is 0 Å². The molecule has 0 aromatic heterocycles. The molecular formula is C29H32O9. The van der Waals surface area contributed by atoms with Crippen molar-refractivity contribution in [3.05, 3.63) is 78.9 Å². The molecule has 0 aliphatic carbocycles. The summed E-state index contributed by atoms with van der Waals surface area (Å²) in [5, 5.41) is 0. The second-order valence-corrected chi connectivity index (χ2v) is 7.99. The second kappa shape index (κ2) is 16.4. The number of esters is 4. The molecule has 0 N–H and O–H groups in total. The van der Waals surface area contributed by atoms with E-state index < -0.39 is 23.9 Å². The van der Waals surface area contributed by atoms with Gasteiger partial charge in [0.15, 0.2) is 0 Å². The fourth-order valence-electron chi connectivity index (χ4n) is 3.05. The minimum atomic E-state index is -0.762. The highest BCUT2D eigenvalue weighted by Gasteiger charge is 2.16. The van der Waals surface area contributed by atoms with Gasteiger partial charge in [0.05, 0.1) is 31.8 Å². The lowest BCUT2D eigenvalue weighted by molar-refractivity contribution is -0.144. The Labute approximate surface area is 222 Å². The number of ether oxygens (including phenoxy) is 5. The number of rotatable bonds is 16. The highest BCUT2D eigenvalue weighted by Crippen LogP contribution is 2.20. The molecule has 2 aromatic carbocycles. The maximum absolute atomic E-state index is 12.4. The molecular weight excluding hydrogens is 492 g/mol. The highest BCUT2D eigenvalue weighted by atomic mass is 16.5. The van der Waals surface area contributed by atoms with Crippen LogP contribution in [0.25, 0.3) is 0 Å². The topological polar surface area (TPSA) is 114 Å². The first-order valence-electron chi connectivity index (χ1n) is 12.2. The third-order valence-corrected chi connectivity index (χ3v) is 5.00. The molecule has 38 heavy (non-hydrogen) atoms. The molecule has 9 heteroatoms. The van der Waals surface area contributed by atoms with Gasteiger partial charge in [-0.2, -0.15) is 0 Å². The van der Waals surface area contributed by atoms with E-state index in [0.29, 0.717) is 24.7 Å². The number of benzene rings is 2. The number of hydrogen-bond donors (Lipinski definition) is 0. The summed E-state index contributed by atoms with van der Waals surface area (Å²) in [5.74, 6) is -1.12. The van der Waals surface area contributed by atoms with Crippen molar-refractivity contribution in [3.63, 3.8) is 0 Å². The molecule has 2 aromatic rings. The van der Waals surface area contributed by atoms with E-state index >= 15 is 0 Å². The van der Waals surface area contributed by atoms with Crippen LogP contribution in [0.4, 0.5) is 0 Å². The molecule has 0 amide bonds. The van der Waals surface area contributed by atoms with Gasteiger partial charge in [0.25, 0.3) is 0 Å². The number of carbonyl (C=O) groups is 4. The molecule has 0 radical (unpaired) electrons. The average Bonchev–Trinajstić information content (AvgIpc) is 2.91. The quantitative estimate of drug-likeness (QED) is 0.130. The predicted octanol–water partition coefficient (Wildman–Crippen LogP) is 4.99. The van der Waals surface area contributed by atoms with Crippen molar-refractivity contribution >= 4 is 23.9 Å². The summed E-state index contributed by atoms with van der Waals surface area (Å²) in [6, 6.07) is 12.5. The zero-order valence-electron chi connectivity index (χ0n) is 21.4. The van der Waals surface area contributed by atoms with Crippen molar-refractivity contribution in [2.45, 2.75) is 39.0 Å². The van der Waals surface area contributed by atoms with E-state index in [9.17, 15) is 19.2 Å². The summed E-state index contributed by atoms with van der Waals surface area (Å²) in [6.45, 7) is 9.68. The van der Waals surface area contributed by atoms with Gasteiger partial charge in [-0.15, -0.1) is 0 Å². The van der Waals surface area contributed by atoms with E-state index in [1.54, 1.807) is 31.2 Å². The summed E-state index contributed by atoms with van der Waals surface area (Å²) in [4.78, 5) is 46.9. The van der Waals surface area contributed by atoms with Crippen LogP contribution < -0.4 is 14.2 Å². The van der Waals surface area contributed by atoms with Crippen molar-refractivity contribution < 1.29 is 42.9 Å². The average molecular weight is 525 g/mol. The molecule has 0 bridgehead atoms. The van der Waals surface area contributed by atoms with Crippen LogP contribution in [-0.4, -0.2) is 43.7 Å². The van der Waals surface area contributed by atoms with Gasteiger partial charge in [-0.25, -0.2) is 14.4 Å². The molecule has 0 spiro atoms. The van der Waals surface area contributed by atoms with Crippen LogP contribution in [-0.2, 0) is 23.9 Å². The summed E-state index contributed by atoms with van der Waals surface area (Å²) < 4.78 is 25.9. The molecule has 0 aliphatic heterocycles. The number of carbonyl (C=O) groups excluding carboxylic acids is 4. The van der Waals surface area contributed by atoms with E-state index in [0.717, 1.165) is 31.8 Å². The zero-order chi connectivity index (χ0) is 27.8. The van der Waals surface area contributed by atoms with Crippen molar-refractivity contribution in [2.24, 2.45) is 0 Å². The molecule has 0 saturated carbocycles. The molecule has 9 nitrogen and oxygen atoms in total. The summed E-state index contributed by atoms with van der Waals surface area (Å²) in [6.07, 6.45) is 4.41. The van der Waals surface area contributed by atoms with E-state index in [2.05, 4.69) is 13.2 Å². The lowest BCUT2D eigenvalue weighted by Gasteiger charge is -2.09. The van der Waals surface area contributed by atoms with E-state index in [1.165, 1.54) is 24.3 Å². The molecule has 0 atom stereocenters. The fraction of sp³-hybridized carbons (Fsp3) is 0.310. The van der Waals surface area contributed by atoms with Gasteiger partial charge in [-0.1, -0.05) is 13.2 Å². The Balaban J connectivity index is 1.71. The van der Waals surface area contributed by atoms with Gasteiger partial charge < -0.3 is 23.7 Å². The summed E-state index contributed by atoms with van der Waals surface area (Å²) in [7, 11) is 0. The number of unbranched alkanes of at least 4 members (excludes halogenated alkanes) is 3. The van der Waals surface area contributed by atoms with Crippen molar-refractivity contribution in [3.8, 4) is 17.2 Å². The van der Waals surface area contributed by atoms with Gasteiger partial charge in [-0.3, -0.25) is 4.79 Å². The first-order chi connectivity index (χ1) is 18.3. The standard InChI is InChI=1S/C29H32O9/c1-4-26(30)36-19-9-7-6-8-18-35-23-14-16-25(17-15-23)38-29(33)22-10-12-24(13-11-22)37-28(32)21(3)20-27(31)34-5-2/h4,10-17H,1,3,5-9,18-20H2,2H3. The van der Waals surface area contributed by atoms with E-state index in [-0.39, 0.29) is 29.9 Å². The van der Waals surface area contributed by atoms with Gasteiger partial charge >= 0.3 is 23.9 Å². The largest absolute Gasteiger partial charge is 0.494 e. The Kier molecular flexibility index (Phi) is 12.8. The normalized spacial score (nSPS) is 10.1. The Morgan fingerprint density at radius 3 is 1.97 bits per heavy atom. The third-order valence-electron chi connectivity index (χ3n) is 5.00. The van der Waals surface area contributed by atoms with E-state index in [1.807, 2.05) is 0 Å². The van der Waals surface area contributed by atoms with E-state index in [4.69, 9.17) is 23.7 Å². The van der Waals surface area contributed by atoms with Crippen LogP contribution in [0.5, 0.6) is 17.2 Å². The Bertz CT molecular complexity index is 1100. The lowest BCUT2D eigenvalue weighted by atomic mass is 10.2. The highest BCUT2D eigenvalue weighted by molar-refractivity contribution is 5.95. The van der Waals surface area contributed by atoms with Crippen molar-refractivity contribution in [2.75, 3.05) is 19.8 Å². The van der Waals surface area contributed by atoms with Gasteiger partial charge in [0.2, 0.25) is 0 Å². The molecule has 0 heterocycles. The van der Waals surface area contributed by atoms with Crippen LogP contribution in [0.1, 0.15) is 49.4 Å². The molecule has 2 rings (SSSR count). The Hall–Kier alpha value is -4.40. The minimum Gasteiger partial charge on any atom is -0.494 e. The van der Waals surface area contributed by atoms with Crippen LogP contribution >= 0.6 is 0 Å². The van der Waals surface area contributed by atoms with Gasteiger partial charge in [0, 0.05) is 11.6 Å². The van der Waals surface area contributed by atoms with Gasteiger partial charge in [0.1, 0.15) is 17.2 Å². The maximum Gasteiger partial charge on any atom is 0.343 e. The summed E-state index contributed by atoms with van der Waals surface area (Å²) >= 11 is 0. The zero-order valence-corrected chi connectivity index (χ0v) is 21.4. The molecule has 0 unspecified atom stereocenters. The minimum absolute atomic E-state index is 0.0388. The van der Waals surface area contributed by atoms with Gasteiger partial charge in [-0.05, 0) is 81.1 Å². The summed E-state index contributed by atoms with van der Waals surface area (Å²) in [5.41, 5.74) is 0.220. The first-order valence-corrected chi connectivity index (χ1v) is 12.2. The Morgan fingerprint density at radius 1 is 0.763 bits per heavy atom. The molecule has 0 saturated heterocycles. The maximum atomic E-state index is 12.4. The lowest BCUT2D eigenvalue weighted by Crippen LogP contribution is -2.15. The van der Waals surface area contributed by atoms with Crippen molar-refractivity contribution in [1.29, 1.82) is 0 Å². The molecule has 202 valence electrons. The second-order valence-electron chi connectivity index (χ2n) is 7.99. The smallest absolute Gasteiger partial charge is 0.343 e. The van der Waals surface area contributed by atoms with Crippen molar-refractivity contribution in [1.82, 2.24) is 0 Å². The Morgan fingerprint density at radius 2 is 1.34 bits per heavy atom.